The topological polar surface area (TPSA) is 93.3 Å². The van der Waals surface area contributed by atoms with Crippen LogP contribution in [0.2, 0.25) is 0 Å². The summed E-state index contributed by atoms with van der Waals surface area (Å²) >= 11 is 1.56. The van der Waals surface area contributed by atoms with Gasteiger partial charge in [0.15, 0.2) is 10.9 Å². The van der Waals surface area contributed by atoms with E-state index in [1.807, 2.05) is 5.38 Å². The van der Waals surface area contributed by atoms with Gasteiger partial charge in [0.2, 0.25) is 0 Å². The number of carbonyl (C=O) groups is 1. The predicted octanol–water partition coefficient (Wildman–Crippen LogP) is 3.18. The number of nitrogens with one attached hydrogen (secondary N) is 1. The third-order valence-corrected chi connectivity index (χ3v) is 5.34. The van der Waals surface area contributed by atoms with Gasteiger partial charge in [-0.1, -0.05) is 0 Å². The van der Waals surface area contributed by atoms with Crippen LogP contribution in [0.15, 0.2) is 22.6 Å². The molecule has 3 N–H and O–H groups in total. The fourth-order valence-corrected chi connectivity index (χ4v) is 3.99. The van der Waals surface area contributed by atoms with Crippen LogP contribution in [0.3, 0.4) is 0 Å². The van der Waals surface area contributed by atoms with Crippen molar-refractivity contribution >= 4 is 34.2 Å². The molecule has 0 amide bonds. The first kappa shape index (κ1) is 15.4. The number of thiazole rings is 1. The Kier molecular flexibility index (Phi) is 4.12. The summed E-state index contributed by atoms with van der Waals surface area (Å²) in [7, 11) is 0. The molecule has 124 valence electrons. The molecule has 0 saturated heterocycles. The van der Waals surface area contributed by atoms with E-state index in [1.54, 1.807) is 29.8 Å². The second kappa shape index (κ2) is 6.41. The minimum absolute atomic E-state index is 0.0794. The third-order valence-electron chi connectivity index (χ3n) is 4.57. The first-order chi connectivity index (χ1) is 11.7. The molecule has 0 radical (unpaired) electrons. The number of aliphatic imine (C=N–C) groups is 1. The van der Waals surface area contributed by atoms with Crippen LogP contribution in [0.5, 0.6) is 0 Å². The van der Waals surface area contributed by atoms with Crippen molar-refractivity contribution in [1.82, 2.24) is 9.97 Å². The highest BCUT2D eigenvalue weighted by atomic mass is 32.1. The van der Waals surface area contributed by atoms with Gasteiger partial charge in [0.25, 0.3) is 0 Å². The predicted molar refractivity (Wildman–Crippen MR) is 96.3 cm³/mol. The minimum Gasteiger partial charge on any atom is -0.359 e. The van der Waals surface area contributed by atoms with Crippen LogP contribution in [-0.2, 0) is 0 Å². The van der Waals surface area contributed by atoms with Gasteiger partial charge >= 0.3 is 0 Å². The number of nitrogens with two attached hydrogens (primary N) is 1. The quantitative estimate of drug-likeness (QED) is 0.894. The number of fused-ring (bicyclic) bond motifs is 1. The second-order valence-corrected chi connectivity index (χ2v) is 7.15. The first-order valence-corrected chi connectivity index (χ1v) is 9.11. The average molecular weight is 341 g/mol. The molecule has 0 atom stereocenters. The standard InChI is InChI=1S/C17H19N5OS/c18-10-1-3-11(4-2-10)21-17-22-13(9-24-17)16-15-12(5-7-20-16)14(23)6-8-19-15/h5,7-11H,1-4,6,18H2,(H,21,22). The van der Waals surface area contributed by atoms with Crippen LogP contribution in [0, 0.1) is 0 Å². The normalized spacial score (nSPS) is 23.1. The maximum absolute atomic E-state index is 12.0. The molecule has 2 aromatic heterocycles. The molecule has 0 spiro atoms. The number of aromatic nitrogens is 2. The Balaban J connectivity index is 1.57. The average Bonchev–Trinajstić information content (AvgIpc) is 3.05. The van der Waals surface area contributed by atoms with Crippen molar-refractivity contribution < 1.29 is 4.79 Å². The van der Waals surface area contributed by atoms with E-state index in [0.29, 0.717) is 35.4 Å². The number of nitrogens with zero attached hydrogens (tertiary/aromatic N) is 3. The summed E-state index contributed by atoms with van der Waals surface area (Å²) in [6, 6.07) is 2.50. The van der Waals surface area contributed by atoms with Gasteiger partial charge in [0.1, 0.15) is 17.1 Å². The maximum atomic E-state index is 12.0. The molecule has 1 aliphatic heterocycles. The fraction of sp³-hybridized carbons (Fsp3) is 0.412. The van der Waals surface area contributed by atoms with E-state index in [0.717, 1.165) is 36.5 Å². The van der Waals surface area contributed by atoms with Gasteiger partial charge in [-0.05, 0) is 31.7 Å². The van der Waals surface area contributed by atoms with E-state index in [1.165, 1.54) is 0 Å². The highest BCUT2D eigenvalue weighted by Crippen LogP contribution is 2.35. The van der Waals surface area contributed by atoms with Crippen molar-refractivity contribution in [2.24, 2.45) is 10.7 Å². The lowest BCUT2D eigenvalue weighted by atomic mass is 9.92. The number of Topliss-reactive ketones (excluding diaryl/α,β-unsaturated/α-hetero) is 1. The summed E-state index contributed by atoms with van der Waals surface area (Å²) < 4.78 is 0. The van der Waals surface area contributed by atoms with E-state index in [2.05, 4.69) is 20.3 Å². The monoisotopic (exact) mass is 341 g/mol. The summed E-state index contributed by atoms with van der Waals surface area (Å²) in [5, 5.41) is 6.35. The molecule has 1 saturated carbocycles. The van der Waals surface area contributed by atoms with Crippen molar-refractivity contribution in [3.05, 3.63) is 23.2 Å². The molecule has 0 aromatic carbocycles. The van der Waals surface area contributed by atoms with Crippen LogP contribution < -0.4 is 11.1 Å². The van der Waals surface area contributed by atoms with Gasteiger partial charge in [0, 0.05) is 41.9 Å². The first-order valence-electron chi connectivity index (χ1n) is 8.23. The lowest BCUT2D eigenvalue weighted by Crippen LogP contribution is -2.32. The molecule has 2 aromatic rings. The molecular formula is C17H19N5OS. The molecule has 0 bridgehead atoms. The van der Waals surface area contributed by atoms with Crippen molar-refractivity contribution in [2.75, 3.05) is 5.32 Å². The molecule has 7 heteroatoms. The van der Waals surface area contributed by atoms with E-state index in [4.69, 9.17) is 5.73 Å². The van der Waals surface area contributed by atoms with Crippen LogP contribution in [0.25, 0.3) is 11.4 Å². The zero-order chi connectivity index (χ0) is 16.5. The molecule has 1 aliphatic carbocycles. The minimum atomic E-state index is 0.0794. The van der Waals surface area contributed by atoms with Gasteiger partial charge in [-0.15, -0.1) is 11.3 Å². The number of carbonyl (C=O) groups excluding carboxylic acids is 1. The van der Waals surface area contributed by atoms with Crippen molar-refractivity contribution in [3.8, 4) is 11.4 Å². The van der Waals surface area contributed by atoms with Gasteiger partial charge in [-0.2, -0.15) is 0 Å². The van der Waals surface area contributed by atoms with E-state index >= 15 is 0 Å². The molecule has 6 nitrogen and oxygen atoms in total. The number of ketones is 1. The Morgan fingerprint density at radius 2 is 2.08 bits per heavy atom. The highest BCUT2D eigenvalue weighted by molar-refractivity contribution is 7.14. The Morgan fingerprint density at radius 3 is 2.92 bits per heavy atom. The molecule has 24 heavy (non-hydrogen) atoms. The number of hydrogen-bond donors (Lipinski definition) is 2. The third kappa shape index (κ3) is 2.97. The van der Waals surface area contributed by atoms with E-state index in [9.17, 15) is 4.79 Å². The number of rotatable bonds is 3. The number of hydrogen-bond acceptors (Lipinski definition) is 7. The van der Waals surface area contributed by atoms with Crippen LogP contribution in [-0.4, -0.2) is 34.0 Å². The Hall–Kier alpha value is -2.12. The Morgan fingerprint density at radius 1 is 1.25 bits per heavy atom. The van der Waals surface area contributed by atoms with E-state index in [-0.39, 0.29) is 5.78 Å². The second-order valence-electron chi connectivity index (χ2n) is 6.29. The van der Waals surface area contributed by atoms with Crippen molar-refractivity contribution in [2.45, 2.75) is 44.2 Å². The molecular weight excluding hydrogens is 322 g/mol. The maximum Gasteiger partial charge on any atom is 0.183 e. The zero-order valence-electron chi connectivity index (χ0n) is 13.2. The van der Waals surface area contributed by atoms with Crippen LogP contribution in [0.4, 0.5) is 10.8 Å². The summed E-state index contributed by atoms with van der Waals surface area (Å²) in [5.74, 6) is 0.0794. The Bertz CT molecular complexity index is 792. The summed E-state index contributed by atoms with van der Waals surface area (Å²) in [4.78, 5) is 25.4. The fourth-order valence-electron chi connectivity index (χ4n) is 3.21. The largest absolute Gasteiger partial charge is 0.359 e. The zero-order valence-corrected chi connectivity index (χ0v) is 14.1. The Labute approximate surface area is 144 Å². The summed E-state index contributed by atoms with van der Waals surface area (Å²) in [6.45, 7) is 0. The molecule has 0 unspecified atom stereocenters. The number of anilines is 1. The lowest BCUT2D eigenvalue weighted by Gasteiger charge is -2.26. The molecule has 2 aliphatic rings. The van der Waals surface area contributed by atoms with Crippen LogP contribution >= 0.6 is 11.3 Å². The van der Waals surface area contributed by atoms with E-state index < -0.39 is 0 Å². The highest BCUT2D eigenvalue weighted by Gasteiger charge is 2.22. The summed E-state index contributed by atoms with van der Waals surface area (Å²) in [5.41, 5.74) is 8.66. The van der Waals surface area contributed by atoms with Gasteiger partial charge in [-0.25, -0.2) is 4.98 Å². The lowest BCUT2D eigenvalue weighted by molar-refractivity contribution is 0.100. The van der Waals surface area contributed by atoms with Crippen molar-refractivity contribution in [1.29, 1.82) is 0 Å². The van der Waals surface area contributed by atoms with Crippen LogP contribution in [0.1, 0.15) is 42.5 Å². The number of pyridine rings is 1. The van der Waals surface area contributed by atoms with Gasteiger partial charge in [-0.3, -0.25) is 14.8 Å². The smallest absolute Gasteiger partial charge is 0.183 e. The van der Waals surface area contributed by atoms with Gasteiger partial charge < -0.3 is 11.1 Å². The molecule has 1 fully saturated rings. The van der Waals surface area contributed by atoms with Crippen molar-refractivity contribution in [3.63, 3.8) is 0 Å². The summed E-state index contributed by atoms with van der Waals surface area (Å²) in [6.07, 6.45) is 7.92. The van der Waals surface area contributed by atoms with Gasteiger partial charge in [0.05, 0.1) is 0 Å². The molecule has 3 heterocycles. The SMILES string of the molecule is NC1CCC(Nc2nc(-c3nccc4c3N=CCC4=O)cs2)CC1. The molecule has 4 rings (SSSR count).